The van der Waals surface area contributed by atoms with Crippen LogP contribution in [0.2, 0.25) is 0 Å². The molecule has 16 heavy (non-hydrogen) atoms. The predicted molar refractivity (Wildman–Crippen MR) is 61.4 cm³/mol. The number of hydrogen-bond acceptors (Lipinski definition) is 4. The molecule has 0 bridgehead atoms. The van der Waals surface area contributed by atoms with Crippen molar-refractivity contribution in [2.75, 3.05) is 19.8 Å². The summed E-state index contributed by atoms with van der Waals surface area (Å²) in [5.74, 6) is 6.02. The Kier molecular flexibility index (Phi) is 3.87. The maximum absolute atomic E-state index is 5.50. The Labute approximate surface area is 94.2 Å². The molecule has 1 aromatic carbocycles. The highest BCUT2D eigenvalue weighted by Gasteiger charge is 2.19. The lowest BCUT2D eigenvalue weighted by Gasteiger charge is -2.23. The number of nitrogens with two attached hydrogens (primary N) is 1. The number of ether oxygens (including phenoxy) is 2. The highest BCUT2D eigenvalue weighted by atomic mass is 16.6. The van der Waals surface area contributed by atoms with Crippen molar-refractivity contribution in [2.24, 2.45) is 10.8 Å². The minimum atomic E-state index is -0.209. The van der Waals surface area contributed by atoms with Crippen molar-refractivity contribution in [1.29, 1.82) is 0 Å². The molecule has 1 aliphatic heterocycles. The van der Waals surface area contributed by atoms with E-state index in [1.165, 1.54) is 0 Å². The van der Waals surface area contributed by atoms with Crippen LogP contribution < -0.4 is 11.3 Å². The molecule has 0 spiro atoms. The maximum atomic E-state index is 5.50. The molecule has 1 aromatic rings. The van der Waals surface area contributed by atoms with E-state index >= 15 is 0 Å². The van der Waals surface area contributed by atoms with Gasteiger partial charge in [0, 0.05) is 0 Å². The van der Waals surface area contributed by atoms with Crippen LogP contribution in [-0.2, 0) is 9.47 Å². The maximum Gasteiger partial charge on any atom is 0.148 e. The zero-order chi connectivity index (χ0) is 11.2. The lowest BCUT2D eigenvalue weighted by Crippen LogP contribution is -2.45. The lowest BCUT2D eigenvalue weighted by atomic mass is 10.3. The molecule has 1 fully saturated rings. The molecule has 0 aliphatic carbocycles. The van der Waals surface area contributed by atoms with E-state index in [4.69, 9.17) is 15.3 Å². The summed E-state index contributed by atoms with van der Waals surface area (Å²) in [5.41, 5.74) is 3.40. The van der Waals surface area contributed by atoms with Gasteiger partial charge in [0.15, 0.2) is 0 Å². The molecule has 2 rings (SSSR count). The second-order valence-corrected chi connectivity index (χ2v) is 3.41. The molecule has 1 unspecified atom stereocenters. The van der Waals surface area contributed by atoms with Gasteiger partial charge >= 0.3 is 0 Å². The summed E-state index contributed by atoms with van der Waals surface area (Å²) in [4.78, 5) is 4.38. The van der Waals surface area contributed by atoms with E-state index in [1.807, 2.05) is 30.3 Å². The van der Waals surface area contributed by atoms with Gasteiger partial charge in [0.25, 0.3) is 0 Å². The van der Waals surface area contributed by atoms with Crippen molar-refractivity contribution in [3.8, 4) is 0 Å². The quantitative estimate of drug-likeness (QED) is 0.332. The number of rotatable bonds is 2. The van der Waals surface area contributed by atoms with E-state index in [2.05, 4.69) is 10.4 Å². The molecule has 0 amide bonds. The number of amidine groups is 1. The van der Waals surface area contributed by atoms with Crippen molar-refractivity contribution < 1.29 is 9.47 Å². The van der Waals surface area contributed by atoms with Gasteiger partial charge in [0.1, 0.15) is 11.9 Å². The summed E-state index contributed by atoms with van der Waals surface area (Å²) in [5, 5.41) is 0. The second kappa shape index (κ2) is 5.60. The van der Waals surface area contributed by atoms with E-state index in [0.717, 1.165) is 5.69 Å². The van der Waals surface area contributed by atoms with Gasteiger partial charge in [-0.3, -0.25) is 0 Å². The van der Waals surface area contributed by atoms with Gasteiger partial charge in [0.2, 0.25) is 0 Å². The number of nitrogens with zero attached hydrogens (tertiary/aromatic N) is 1. The zero-order valence-electron chi connectivity index (χ0n) is 8.93. The molecule has 5 nitrogen and oxygen atoms in total. The van der Waals surface area contributed by atoms with Gasteiger partial charge in [-0.15, -0.1) is 0 Å². The van der Waals surface area contributed by atoms with Gasteiger partial charge in [-0.05, 0) is 12.1 Å². The van der Waals surface area contributed by atoms with Crippen LogP contribution in [0.15, 0.2) is 35.3 Å². The molecule has 1 heterocycles. The van der Waals surface area contributed by atoms with E-state index in [1.54, 1.807) is 0 Å². The Morgan fingerprint density at radius 1 is 1.31 bits per heavy atom. The Balaban J connectivity index is 2.12. The van der Waals surface area contributed by atoms with Gasteiger partial charge in [-0.25, -0.2) is 10.8 Å². The fourth-order valence-electron chi connectivity index (χ4n) is 1.48. The largest absolute Gasteiger partial charge is 0.376 e. The van der Waals surface area contributed by atoms with Crippen molar-refractivity contribution in [2.45, 2.75) is 6.10 Å². The highest BCUT2D eigenvalue weighted by Crippen LogP contribution is 2.12. The van der Waals surface area contributed by atoms with Crippen LogP contribution >= 0.6 is 0 Å². The van der Waals surface area contributed by atoms with Crippen LogP contribution in [0.1, 0.15) is 0 Å². The first-order chi connectivity index (χ1) is 7.90. The monoisotopic (exact) mass is 221 g/mol. The standard InChI is InChI=1S/C11H15N3O2/c12-14-11(10-8-15-6-7-16-10)13-9-4-2-1-3-5-9/h1-5,10H,6-8,12H2,(H,13,14). The normalized spacial score (nSPS) is 21.8. The van der Waals surface area contributed by atoms with Gasteiger partial charge < -0.3 is 14.9 Å². The fraction of sp³-hybridized carbons (Fsp3) is 0.364. The Hall–Kier alpha value is -1.43. The minimum absolute atomic E-state index is 0.209. The van der Waals surface area contributed by atoms with Gasteiger partial charge in [0.05, 0.1) is 25.5 Å². The molecule has 1 saturated heterocycles. The average Bonchev–Trinajstić information content (AvgIpc) is 2.38. The summed E-state index contributed by atoms with van der Waals surface area (Å²) < 4.78 is 10.8. The van der Waals surface area contributed by atoms with E-state index in [0.29, 0.717) is 25.7 Å². The summed E-state index contributed by atoms with van der Waals surface area (Å²) in [7, 11) is 0. The zero-order valence-corrected chi connectivity index (χ0v) is 8.93. The SMILES string of the molecule is NNC(=Nc1ccccc1)C1COCCO1. The van der Waals surface area contributed by atoms with Crippen LogP contribution in [0.3, 0.4) is 0 Å². The van der Waals surface area contributed by atoms with E-state index in [9.17, 15) is 0 Å². The van der Waals surface area contributed by atoms with Crippen LogP contribution in [0, 0.1) is 0 Å². The third-order valence-electron chi connectivity index (χ3n) is 2.27. The van der Waals surface area contributed by atoms with Crippen molar-refractivity contribution >= 4 is 11.5 Å². The Morgan fingerprint density at radius 2 is 2.12 bits per heavy atom. The number of para-hydroxylation sites is 1. The molecule has 0 saturated carbocycles. The molecular formula is C11H15N3O2. The van der Waals surface area contributed by atoms with Gasteiger partial charge in [-0.2, -0.15) is 0 Å². The number of benzene rings is 1. The second-order valence-electron chi connectivity index (χ2n) is 3.41. The molecule has 5 heteroatoms. The van der Waals surface area contributed by atoms with Crippen molar-refractivity contribution in [3.63, 3.8) is 0 Å². The Morgan fingerprint density at radius 3 is 2.75 bits per heavy atom. The third-order valence-corrected chi connectivity index (χ3v) is 2.27. The number of hydrazine groups is 1. The molecule has 1 aliphatic rings. The molecular weight excluding hydrogens is 206 g/mol. The van der Waals surface area contributed by atoms with Gasteiger partial charge in [-0.1, -0.05) is 18.2 Å². The first-order valence-corrected chi connectivity index (χ1v) is 5.20. The molecule has 0 radical (unpaired) electrons. The minimum Gasteiger partial charge on any atom is -0.376 e. The number of hydrogen-bond donors (Lipinski definition) is 2. The molecule has 1 atom stereocenters. The predicted octanol–water partition coefficient (Wildman–Crippen LogP) is 0.595. The summed E-state index contributed by atoms with van der Waals surface area (Å²) >= 11 is 0. The fourth-order valence-corrected chi connectivity index (χ4v) is 1.48. The first kappa shape index (κ1) is 11.1. The van der Waals surface area contributed by atoms with Crippen molar-refractivity contribution in [3.05, 3.63) is 30.3 Å². The first-order valence-electron chi connectivity index (χ1n) is 5.20. The van der Waals surface area contributed by atoms with E-state index in [-0.39, 0.29) is 6.10 Å². The smallest absolute Gasteiger partial charge is 0.148 e. The Bertz CT molecular complexity index is 348. The molecule has 3 N–H and O–H groups in total. The molecule has 86 valence electrons. The summed E-state index contributed by atoms with van der Waals surface area (Å²) in [6, 6.07) is 9.59. The highest BCUT2D eigenvalue weighted by molar-refractivity contribution is 5.88. The summed E-state index contributed by atoms with van der Waals surface area (Å²) in [6.07, 6.45) is -0.209. The lowest BCUT2D eigenvalue weighted by molar-refractivity contribution is -0.0605. The topological polar surface area (TPSA) is 68.9 Å². The van der Waals surface area contributed by atoms with Crippen LogP contribution in [-0.4, -0.2) is 31.8 Å². The van der Waals surface area contributed by atoms with Crippen molar-refractivity contribution in [1.82, 2.24) is 5.43 Å². The third kappa shape index (κ3) is 2.79. The number of nitrogens with one attached hydrogen (secondary N) is 1. The summed E-state index contributed by atoms with van der Waals surface area (Å²) in [6.45, 7) is 1.68. The molecule has 0 aromatic heterocycles. The van der Waals surface area contributed by atoms with Crippen LogP contribution in [0.4, 0.5) is 5.69 Å². The number of aliphatic imine (C=N–C) groups is 1. The van der Waals surface area contributed by atoms with E-state index < -0.39 is 0 Å². The van der Waals surface area contributed by atoms with Crippen LogP contribution in [0.25, 0.3) is 0 Å². The average molecular weight is 221 g/mol. The van der Waals surface area contributed by atoms with Crippen LogP contribution in [0.5, 0.6) is 0 Å².